The number of aliphatic carboxylic acids is 1. The monoisotopic (exact) mass is 575 g/mol. The van der Waals surface area contributed by atoms with Crippen LogP contribution in [-0.2, 0) is 28.7 Å². The van der Waals surface area contributed by atoms with E-state index in [9.17, 15) is 44.4 Å². The van der Waals surface area contributed by atoms with E-state index in [-0.39, 0.29) is 67.6 Å². The minimum absolute atomic E-state index is 0.00725. The Morgan fingerprint density at radius 1 is 1.07 bits per heavy atom. The van der Waals surface area contributed by atoms with Gasteiger partial charge in [0.15, 0.2) is 12.4 Å². The second-order valence-electron chi connectivity index (χ2n) is 13.3. The van der Waals surface area contributed by atoms with Crippen LogP contribution in [-0.4, -0.2) is 91.7 Å². The number of Topliss-reactive ketones (excluding diaryl/α,β-unsaturated/α-hetero) is 1. The fraction of sp³-hybridized carbons (Fsp3) is 0.767. The Morgan fingerprint density at radius 3 is 2.51 bits per heavy atom. The number of esters is 1. The van der Waals surface area contributed by atoms with Crippen molar-refractivity contribution in [3.05, 3.63) is 11.6 Å². The summed E-state index contributed by atoms with van der Waals surface area (Å²) >= 11 is 0. The SMILES string of the molecule is C[C@]12CCC(=O)C=C1CC[C@@H]1[C@@H]2[C@@H](O)C[C@@]2(C)[C@H]1CC[C@]2(O)C(=O)COC(=O)CCC(=O)N1C[C@@H](O)C[C@H]1C(=O)O. The number of aliphatic hydroxyl groups excluding tert-OH is 2. The van der Waals surface area contributed by atoms with Gasteiger partial charge in [0.05, 0.1) is 18.6 Å². The maximum atomic E-state index is 13.4. The van der Waals surface area contributed by atoms with E-state index >= 15 is 0 Å². The molecule has 4 N–H and O–H groups in total. The molecule has 1 amide bonds. The summed E-state index contributed by atoms with van der Waals surface area (Å²) < 4.78 is 5.16. The van der Waals surface area contributed by atoms with E-state index in [1.54, 1.807) is 6.08 Å². The van der Waals surface area contributed by atoms with E-state index in [2.05, 4.69) is 6.92 Å². The standard InChI is InChI=1S/C30H41NO10/c1-28-9-7-17(32)11-16(28)3-4-19-20-8-10-30(40,29(20,2)13-22(34)26(19)28)23(35)15-41-25(37)6-5-24(36)31-14-18(33)12-21(31)27(38)39/h11,18-22,26,33-34,40H,3-10,12-15H2,1-2H3,(H,38,39)/t18-,19-,20-,21-,22-,26+,28-,29-,30-/m0/s1. The van der Waals surface area contributed by atoms with Gasteiger partial charge in [-0.15, -0.1) is 0 Å². The Bertz CT molecular complexity index is 1180. The van der Waals surface area contributed by atoms with Gasteiger partial charge in [0.25, 0.3) is 0 Å². The fourth-order valence-electron chi connectivity index (χ4n) is 9.16. The summed E-state index contributed by atoms with van der Waals surface area (Å²) in [7, 11) is 0. The number of ketones is 2. The van der Waals surface area contributed by atoms with Crippen LogP contribution in [0, 0.1) is 28.6 Å². The molecular formula is C30H41NO10. The highest BCUT2D eigenvalue weighted by Crippen LogP contribution is 2.67. The number of hydrogen-bond donors (Lipinski definition) is 4. The highest BCUT2D eigenvalue weighted by molar-refractivity contribution is 5.92. The van der Waals surface area contributed by atoms with Crippen molar-refractivity contribution in [2.24, 2.45) is 28.6 Å². The van der Waals surface area contributed by atoms with Crippen LogP contribution in [0.3, 0.4) is 0 Å². The first-order valence-electron chi connectivity index (χ1n) is 14.7. The van der Waals surface area contributed by atoms with Crippen LogP contribution in [0.5, 0.6) is 0 Å². The number of β-amino-alcohol motifs (C(OH)–C–C–N with tert-alkyl or cyclic N) is 1. The van der Waals surface area contributed by atoms with E-state index in [0.717, 1.165) is 23.3 Å². The van der Waals surface area contributed by atoms with Gasteiger partial charge in [-0.05, 0) is 67.8 Å². The molecule has 0 bridgehead atoms. The summed E-state index contributed by atoms with van der Waals surface area (Å²) in [6, 6.07) is -1.15. The van der Waals surface area contributed by atoms with Gasteiger partial charge in [-0.1, -0.05) is 19.4 Å². The molecule has 11 nitrogen and oxygen atoms in total. The number of amides is 1. The third kappa shape index (κ3) is 4.83. The van der Waals surface area contributed by atoms with E-state index in [0.29, 0.717) is 19.3 Å². The molecule has 3 saturated carbocycles. The van der Waals surface area contributed by atoms with Gasteiger partial charge in [-0.25, -0.2) is 4.79 Å². The Kier molecular flexibility index (Phi) is 7.70. The molecule has 0 aromatic carbocycles. The number of nitrogens with zero attached hydrogens (tertiary/aromatic N) is 1. The number of fused-ring (bicyclic) bond motifs is 5. The number of ether oxygens (including phenoxy) is 1. The predicted molar refractivity (Wildman–Crippen MR) is 142 cm³/mol. The zero-order valence-corrected chi connectivity index (χ0v) is 23.7. The van der Waals surface area contributed by atoms with Crippen LogP contribution in [0.2, 0.25) is 0 Å². The molecule has 0 radical (unpaired) electrons. The van der Waals surface area contributed by atoms with Crippen LogP contribution in [0.25, 0.3) is 0 Å². The second-order valence-corrected chi connectivity index (χ2v) is 13.3. The average Bonchev–Trinajstić information content (AvgIpc) is 3.43. The van der Waals surface area contributed by atoms with Gasteiger partial charge >= 0.3 is 11.9 Å². The molecule has 0 aromatic heterocycles. The van der Waals surface area contributed by atoms with Gasteiger partial charge in [0.1, 0.15) is 11.6 Å². The van der Waals surface area contributed by atoms with Crippen molar-refractivity contribution in [3.8, 4) is 0 Å². The van der Waals surface area contributed by atoms with Gasteiger partial charge in [0.2, 0.25) is 11.7 Å². The first-order valence-corrected chi connectivity index (χ1v) is 14.7. The Morgan fingerprint density at radius 2 is 1.80 bits per heavy atom. The third-order valence-electron chi connectivity index (χ3n) is 11.3. The minimum atomic E-state index is -1.78. The lowest BCUT2D eigenvalue weighted by atomic mass is 9.45. The van der Waals surface area contributed by atoms with Crippen molar-refractivity contribution in [1.29, 1.82) is 0 Å². The summed E-state index contributed by atoms with van der Waals surface area (Å²) in [4.78, 5) is 62.8. The van der Waals surface area contributed by atoms with Gasteiger partial charge in [-0.3, -0.25) is 19.2 Å². The van der Waals surface area contributed by atoms with Crippen molar-refractivity contribution < 1.29 is 49.1 Å². The fourth-order valence-corrected chi connectivity index (χ4v) is 9.16. The number of carboxylic acids is 1. The van der Waals surface area contributed by atoms with E-state index in [1.165, 1.54) is 0 Å². The number of carbonyl (C=O) groups is 5. The number of aliphatic hydroxyl groups is 3. The van der Waals surface area contributed by atoms with Gasteiger partial charge in [0, 0.05) is 31.2 Å². The molecule has 0 spiro atoms. The maximum absolute atomic E-state index is 13.4. The molecule has 11 heteroatoms. The van der Waals surface area contributed by atoms with Crippen LogP contribution in [0.1, 0.15) is 78.1 Å². The molecule has 5 aliphatic rings. The molecule has 5 rings (SSSR count). The number of rotatable bonds is 7. The summed E-state index contributed by atoms with van der Waals surface area (Å²) in [5.41, 5.74) is -1.86. The zero-order chi connectivity index (χ0) is 29.9. The number of hydrogen-bond acceptors (Lipinski definition) is 9. The van der Waals surface area contributed by atoms with Crippen LogP contribution < -0.4 is 0 Å². The molecule has 41 heavy (non-hydrogen) atoms. The quantitative estimate of drug-likeness (QED) is 0.322. The summed E-state index contributed by atoms with van der Waals surface area (Å²) in [6.07, 6.45) is 2.99. The Balaban J connectivity index is 1.21. The van der Waals surface area contributed by atoms with Crippen molar-refractivity contribution in [3.63, 3.8) is 0 Å². The van der Waals surface area contributed by atoms with E-state index < -0.39 is 59.5 Å². The van der Waals surface area contributed by atoms with Crippen molar-refractivity contribution >= 4 is 29.4 Å². The molecule has 1 heterocycles. The molecule has 0 unspecified atom stereocenters. The number of carboxylic acid groups (broad SMARTS) is 1. The highest BCUT2D eigenvalue weighted by Gasteiger charge is 2.68. The van der Waals surface area contributed by atoms with Crippen LogP contribution in [0.4, 0.5) is 0 Å². The van der Waals surface area contributed by atoms with E-state index in [4.69, 9.17) is 4.74 Å². The van der Waals surface area contributed by atoms with Crippen molar-refractivity contribution in [2.45, 2.75) is 102 Å². The number of allylic oxidation sites excluding steroid dienone is 1. The smallest absolute Gasteiger partial charge is 0.326 e. The lowest BCUT2D eigenvalue weighted by Gasteiger charge is -2.60. The molecule has 4 aliphatic carbocycles. The highest BCUT2D eigenvalue weighted by atomic mass is 16.5. The molecule has 1 saturated heterocycles. The van der Waals surface area contributed by atoms with E-state index in [1.807, 2.05) is 6.92 Å². The van der Waals surface area contributed by atoms with Crippen molar-refractivity contribution in [2.75, 3.05) is 13.2 Å². The number of carbonyl (C=O) groups excluding carboxylic acids is 4. The molecular weight excluding hydrogens is 534 g/mol. The molecule has 9 atom stereocenters. The maximum Gasteiger partial charge on any atom is 0.326 e. The molecule has 226 valence electrons. The molecule has 4 fully saturated rings. The zero-order valence-electron chi connectivity index (χ0n) is 23.7. The Labute approximate surface area is 238 Å². The first kappa shape index (κ1) is 29.8. The largest absolute Gasteiger partial charge is 0.480 e. The topological polar surface area (TPSA) is 179 Å². The summed E-state index contributed by atoms with van der Waals surface area (Å²) in [5.74, 6) is -3.13. The Hall–Kier alpha value is -2.63. The second kappa shape index (κ2) is 10.6. The van der Waals surface area contributed by atoms with Crippen LogP contribution in [0.15, 0.2) is 11.6 Å². The minimum Gasteiger partial charge on any atom is -0.480 e. The first-order chi connectivity index (χ1) is 19.2. The van der Waals surface area contributed by atoms with Gasteiger partial charge in [-0.2, -0.15) is 0 Å². The number of likely N-dealkylation sites (tertiary alicyclic amines) is 1. The van der Waals surface area contributed by atoms with Crippen molar-refractivity contribution in [1.82, 2.24) is 4.90 Å². The average molecular weight is 576 g/mol. The summed E-state index contributed by atoms with van der Waals surface area (Å²) in [5, 5.41) is 42.3. The van der Waals surface area contributed by atoms with Gasteiger partial charge < -0.3 is 30.1 Å². The van der Waals surface area contributed by atoms with Crippen LogP contribution >= 0.6 is 0 Å². The third-order valence-corrected chi connectivity index (χ3v) is 11.3. The molecule has 1 aliphatic heterocycles. The summed E-state index contributed by atoms with van der Waals surface area (Å²) in [6.45, 7) is 3.20. The normalized spacial score (nSPS) is 41.6. The lowest BCUT2D eigenvalue weighted by Crippen LogP contribution is -2.62. The predicted octanol–water partition coefficient (Wildman–Crippen LogP) is 1.16. The molecule has 0 aromatic rings. The lowest BCUT2D eigenvalue weighted by molar-refractivity contribution is -0.184.